The topological polar surface area (TPSA) is 36.9 Å². The Balaban J connectivity index is 0.000000326. The van der Waals surface area contributed by atoms with Crippen molar-refractivity contribution in [3.8, 4) is 0 Å². The van der Waals surface area contributed by atoms with Gasteiger partial charge >= 0.3 is 0 Å². The molecule has 10 rings (SSSR count). The van der Waals surface area contributed by atoms with Gasteiger partial charge in [-0.25, -0.2) is 0 Å². The average molecular weight is 737 g/mol. The van der Waals surface area contributed by atoms with E-state index in [0.717, 1.165) is 23.7 Å². The van der Waals surface area contributed by atoms with Gasteiger partial charge in [-0.3, -0.25) is 0 Å². The Hall–Kier alpha value is -0.160. The molecule has 0 aromatic heterocycles. The first-order chi connectivity index (χ1) is 24.3. The molecule has 2 saturated carbocycles. The van der Waals surface area contributed by atoms with E-state index in [-0.39, 0.29) is 0 Å². The van der Waals surface area contributed by atoms with Crippen LogP contribution in [0.15, 0.2) is 0 Å². The van der Waals surface area contributed by atoms with Crippen LogP contribution in [0.25, 0.3) is 0 Å². The van der Waals surface area contributed by atoms with Gasteiger partial charge in [-0.1, -0.05) is 138 Å². The first-order valence-corrected chi connectivity index (χ1v) is 22.9. The molecule has 12 atom stereocenters. The Morgan fingerprint density at radius 3 is 0.846 bits per heavy atom. The van der Waals surface area contributed by atoms with E-state index in [1.807, 2.05) is 55.4 Å². The van der Waals surface area contributed by atoms with E-state index in [0.29, 0.717) is 70.5 Å². The van der Waals surface area contributed by atoms with Gasteiger partial charge in [-0.05, 0) is 110 Å². The minimum absolute atomic E-state index is 0.448. The maximum Gasteiger partial charge on any atom is 0.0637 e. The summed E-state index contributed by atoms with van der Waals surface area (Å²) in [7, 11) is 0. The summed E-state index contributed by atoms with van der Waals surface area (Å²) in [5.74, 6) is 3.27. The van der Waals surface area contributed by atoms with Gasteiger partial charge in [0.1, 0.15) is 0 Å². The van der Waals surface area contributed by atoms with Crippen LogP contribution in [0, 0.1) is 45.3 Å². The Labute approximate surface area is 327 Å². The highest BCUT2D eigenvalue weighted by molar-refractivity contribution is 4.99. The SMILES string of the molecule is CC.CC.CC.CC.CC(C)(C)C1CC2CC1O2.CC(C)(C)C1CC2CCC1O2.CC(C)(C)C1CC2CCCC1O2.CC(C)(C)C1CCC2CC1O2. The molecule has 10 aliphatic rings. The highest BCUT2D eigenvalue weighted by atomic mass is 16.5. The number of hydrogen-bond donors (Lipinski definition) is 0. The van der Waals surface area contributed by atoms with E-state index in [2.05, 4.69) is 83.1 Å². The molecule has 312 valence electrons. The minimum atomic E-state index is 0.448. The molecular weight excluding hydrogens is 641 g/mol. The fourth-order valence-electron chi connectivity index (χ4n) is 10.0. The van der Waals surface area contributed by atoms with Gasteiger partial charge in [-0.15, -0.1) is 0 Å². The standard InChI is InChI=1S/C11H20O.2C10H18O.C9H16O.4C2H6/c1-11(2,3)9-7-8-5-4-6-10(9)12-8;1-10(2,3)8-6-7-4-5-9(8)11-7;1-10(2,3)8-5-4-7-6-9(8)11-7;1-9(2,3)7-4-6-5-8(7)10-6;4*1-2/h8-10H,4-7H2,1-3H3;2*7-9H,4-6H2,1-3H3;6-8H,4-5H2,1-3H3;4*1-2H3. The van der Waals surface area contributed by atoms with Crippen LogP contribution >= 0.6 is 0 Å². The quantitative estimate of drug-likeness (QED) is 0.248. The van der Waals surface area contributed by atoms with E-state index in [9.17, 15) is 0 Å². The summed E-state index contributed by atoms with van der Waals surface area (Å²) in [4.78, 5) is 0. The molecule has 0 aromatic carbocycles. The molecule has 8 heterocycles. The van der Waals surface area contributed by atoms with Crippen LogP contribution in [0.1, 0.15) is 216 Å². The van der Waals surface area contributed by atoms with Crippen molar-refractivity contribution in [2.45, 2.75) is 264 Å². The number of ether oxygens (including phenoxy) is 4. The van der Waals surface area contributed by atoms with Crippen LogP contribution in [0.4, 0.5) is 0 Å². The molecule has 0 aromatic rings. The summed E-state index contributed by atoms with van der Waals surface area (Å²) >= 11 is 0. The van der Waals surface area contributed by atoms with Crippen molar-refractivity contribution in [2.24, 2.45) is 45.3 Å². The van der Waals surface area contributed by atoms with E-state index in [4.69, 9.17) is 18.9 Å². The zero-order chi connectivity index (χ0) is 40.2. The first-order valence-electron chi connectivity index (χ1n) is 22.9. The zero-order valence-electron chi connectivity index (χ0n) is 39.0. The van der Waals surface area contributed by atoms with Gasteiger partial charge in [-0.2, -0.15) is 0 Å². The predicted octanol–water partition coefficient (Wildman–Crippen LogP) is 14.5. The smallest absolute Gasteiger partial charge is 0.0637 e. The van der Waals surface area contributed by atoms with Crippen LogP contribution in [0.5, 0.6) is 0 Å². The second kappa shape index (κ2) is 22.0. The van der Waals surface area contributed by atoms with Crippen molar-refractivity contribution in [2.75, 3.05) is 0 Å². The van der Waals surface area contributed by atoms with E-state index >= 15 is 0 Å². The lowest BCUT2D eigenvalue weighted by atomic mass is 9.67. The summed E-state index contributed by atoms with van der Waals surface area (Å²) in [6, 6.07) is 0. The fourth-order valence-corrected chi connectivity index (χ4v) is 10.0. The highest BCUT2D eigenvalue weighted by Gasteiger charge is 2.50. The number of fused-ring (bicyclic) bond motifs is 7. The van der Waals surface area contributed by atoms with Crippen molar-refractivity contribution in [3.63, 3.8) is 0 Å². The molecular formula is C48H96O4. The van der Waals surface area contributed by atoms with Crippen LogP contribution in [0.3, 0.4) is 0 Å². The Morgan fingerprint density at radius 2 is 0.577 bits per heavy atom. The van der Waals surface area contributed by atoms with Gasteiger partial charge in [0.2, 0.25) is 0 Å². The molecule has 0 amide bonds. The van der Waals surface area contributed by atoms with Gasteiger partial charge in [0.05, 0.1) is 48.8 Å². The lowest BCUT2D eigenvalue weighted by molar-refractivity contribution is -0.204. The van der Waals surface area contributed by atoms with Crippen molar-refractivity contribution >= 4 is 0 Å². The minimum Gasteiger partial charge on any atom is -0.375 e. The monoisotopic (exact) mass is 737 g/mol. The summed E-state index contributed by atoms with van der Waals surface area (Å²) in [6.07, 6.45) is 20.8. The molecule has 0 radical (unpaired) electrons. The number of rotatable bonds is 0. The second-order valence-corrected chi connectivity index (χ2v) is 20.3. The maximum atomic E-state index is 5.94. The fraction of sp³-hybridized carbons (Fsp3) is 1.00. The molecule has 52 heavy (non-hydrogen) atoms. The zero-order valence-corrected chi connectivity index (χ0v) is 39.0. The van der Waals surface area contributed by atoms with Gasteiger partial charge in [0, 0.05) is 12.8 Å². The summed E-state index contributed by atoms with van der Waals surface area (Å²) < 4.78 is 23.1. The van der Waals surface area contributed by atoms with Crippen molar-refractivity contribution in [1.82, 2.24) is 0 Å². The third-order valence-corrected chi connectivity index (χ3v) is 12.8. The third kappa shape index (κ3) is 14.1. The first kappa shape index (κ1) is 49.9. The van der Waals surface area contributed by atoms with Crippen LogP contribution in [-0.2, 0) is 18.9 Å². The predicted molar refractivity (Wildman–Crippen MR) is 227 cm³/mol. The molecule has 0 N–H and O–H groups in total. The normalized spacial score (nSPS) is 37.2. The maximum absolute atomic E-state index is 5.94. The van der Waals surface area contributed by atoms with Crippen molar-refractivity contribution in [1.29, 1.82) is 0 Å². The molecule has 2 aliphatic carbocycles. The van der Waals surface area contributed by atoms with E-state index in [1.165, 1.54) is 77.0 Å². The largest absolute Gasteiger partial charge is 0.375 e. The van der Waals surface area contributed by atoms with Crippen molar-refractivity contribution < 1.29 is 18.9 Å². The highest BCUT2D eigenvalue weighted by Crippen LogP contribution is 2.50. The molecule has 4 heteroatoms. The summed E-state index contributed by atoms with van der Waals surface area (Å²) in [6.45, 7) is 44.0. The molecule has 8 aliphatic heterocycles. The Morgan fingerprint density at radius 1 is 0.288 bits per heavy atom. The van der Waals surface area contributed by atoms with E-state index in [1.54, 1.807) is 0 Å². The van der Waals surface area contributed by atoms with Gasteiger partial charge < -0.3 is 18.9 Å². The Bertz CT molecular complexity index is 905. The second-order valence-electron chi connectivity index (χ2n) is 20.3. The van der Waals surface area contributed by atoms with Crippen LogP contribution in [0.2, 0.25) is 0 Å². The molecule has 4 nitrogen and oxygen atoms in total. The number of hydrogen-bond acceptors (Lipinski definition) is 4. The molecule has 8 saturated heterocycles. The Kier molecular flexibility index (Phi) is 21.1. The lowest BCUT2D eigenvalue weighted by Crippen LogP contribution is -2.51. The lowest BCUT2D eigenvalue weighted by Gasteiger charge is -2.51. The summed E-state index contributed by atoms with van der Waals surface area (Å²) in [5, 5.41) is 0. The average Bonchev–Trinajstić information content (AvgIpc) is 3.92. The van der Waals surface area contributed by atoms with Gasteiger partial charge in [0.25, 0.3) is 0 Å². The molecule has 8 bridgehead atoms. The van der Waals surface area contributed by atoms with Gasteiger partial charge in [0.15, 0.2) is 0 Å². The molecule has 12 unspecified atom stereocenters. The van der Waals surface area contributed by atoms with Crippen LogP contribution in [-0.4, -0.2) is 48.8 Å². The van der Waals surface area contributed by atoms with E-state index < -0.39 is 0 Å². The molecule has 0 spiro atoms. The molecule has 10 fully saturated rings. The third-order valence-electron chi connectivity index (χ3n) is 12.8. The summed E-state index contributed by atoms with van der Waals surface area (Å²) in [5.41, 5.74) is 1.83. The van der Waals surface area contributed by atoms with Crippen LogP contribution < -0.4 is 0 Å². The van der Waals surface area contributed by atoms with Crippen molar-refractivity contribution in [3.05, 3.63) is 0 Å².